The molecule has 1 aromatic heterocycles. The maximum absolute atomic E-state index is 12.2. The lowest BCUT2D eigenvalue weighted by molar-refractivity contribution is -0.378. The molecule has 20 heavy (non-hydrogen) atoms. The van der Waals surface area contributed by atoms with Gasteiger partial charge in [-0.3, -0.25) is 9.69 Å². The summed E-state index contributed by atoms with van der Waals surface area (Å²) >= 11 is 6.37. The number of carboxylic acid groups (broad SMARTS) is 1. The number of nitrogens with one attached hydrogen (secondary N) is 1. The van der Waals surface area contributed by atoms with Crippen molar-refractivity contribution >= 4 is 46.3 Å². The molecule has 1 saturated heterocycles. The molecule has 104 valence electrons. The minimum atomic E-state index is -1.12. The molecule has 0 radical (unpaired) electrons. The number of H-pyrrole nitrogens is 1. The van der Waals surface area contributed by atoms with Gasteiger partial charge in [0.2, 0.25) is 0 Å². The second-order valence-corrected chi connectivity index (χ2v) is 5.82. The van der Waals surface area contributed by atoms with E-state index in [1.54, 1.807) is 18.5 Å². The molecule has 0 saturated carbocycles. The molecule has 5 nitrogen and oxygen atoms in total. The van der Waals surface area contributed by atoms with Gasteiger partial charge in [0.1, 0.15) is 4.32 Å². The SMILES string of the molecule is O=C([O-])CCCN1C(=O)/C(=C\c2ccc[nH+]c2)SC1=S. The number of pyridine rings is 1. The van der Waals surface area contributed by atoms with Crippen LogP contribution in [-0.4, -0.2) is 27.6 Å². The molecular weight excluding hydrogens is 296 g/mol. The maximum Gasteiger partial charge on any atom is 0.266 e. The third kappa shape index (κ3) is 3.64. The Labute approximate surface area is 125 Å². The third-order valence-corrected chi connectivity index (χ3v) is 4.04. The Morgan fingerprint density at radius 3 is 3.00 bits per heavy atom. The molecule has 2 heterocycles. The van der Waals surface area contributed by atoms with Crippen LogP contribution in [0.4, 0.5) is 0 Å². The van der Waals surface area contributed by atoms with Crippen LogP contribution >= 0.6 is 24.0 Å². The fourth-order valence-electron chi connectivity index (χ4n) is 1.72. The second-order valence-electron chi connectivity index (χ2n) is 4.15. The smallest absolute Gasteiger partial charge is 0.266 e. The van der Waals surface area contributed by atoms with Gasteiger partial charge >= 0.3 is 0 Å². The van der Waals surface area contributed by atoms with Gasteiger partial charge in [0.25, 0.3) is 5.91 Å². The van der Waals surface area contributed by atoms with Gasteiger partial charge in [0, 0.05) is 24.1 Å². The van der Waals surface area contributed by atoms with Gasteiger partial charge in [-0.2, -0.15) is 0 Å². The van der Waals surface area contributed by atoms with Crippen LogP contribution in [0.2, 0.25) is 0 Å². The number of carboxylic acids is 1. The molecule has 0 spiro atoms. The van der Waals surface area contributed by atoms with Crippen LogP contribution < -0.4 is 10.1 Å². The van der Waals surface area contributed by atoms with Crippen molar-refractivity contribution < 1.29 is 19.7 Å². The van der Waals surface area contributed by atoms with E-state index < -0.39 is 5.97 Å². The monoisotopic (exact) mass is 308 g/mol. The minimum Gasteiger partial charge on any atom is -0.550 e. The molecule has 1 amide bonds. The van der Waals surface area contributed by atoms with Crippen LogP contribution in [-0.2, 0) is 9.59 Å². The number of aromatic nitrogens is 1. The zero-order valence-corrected chi connectivity index (χ0v) is 12.1. The number of hydrogen-bond donors (Lipinski definition) is 0. The molecule has 0 aliphatic carbocycles. The number of thiocarbonyl (C=S) groups is 1. The fraction of sp³-hybridized carbons (Fsp3) is 0.231. The van der Waals surface area contributed by atoms with E-state index in [9.17, 15) is 14.7 Å². The van der Waals surface area contributed by atoms with Crippen molar-refractivity contribution in [2.24, 2.45) is 0 Å². The third-order valence-electron chi connectivity index (χ3n) is 2.67. The standard InChI is InChI=1S/C13H12N2O3S2/c16-11(17)4-2-6-15-12(18)10(20-13(15)19)7-9-3-1-5-14-8-9/h1,3,5,7-8H,2,4,6H2,(H,16,17)/b10-7+. The first-order valence-corrected chi connectivity index (χ1v) is 7.22. The van der Waals surface area contributed by atoms with E-state index in [0.29, 0.717) is 22.2 Å². The molecule has 1 N–H and O–H groups in total. The molecule has 0 aromatic carbocycles. The van der Waals surface area contributed by atoms with Gasteiger partial charge in [-0.15, -0.1) is 0 Å². The lowest BCUT2D eigenvalue weighted by Gasteiger charge is -2.14. The van der Waals surface area contributed by atoms with Gasteiger partial charge in [-0.05, 0) is 25.0 Å². The van der Waals surface area contributed by atoms with Crippen molar-refractivity contribution in [1.82, 2.24) is 4.90 Å². The van der Waals surface area contributed by atoms with Gasteiger partial charge in [-0.25, -0.2) is 4.98 Å². The molecule has 0 bridgehead atoms. The largest absolute Gasteiger partial charge is 0.550 e. The van der Waals surface area contributed by atoms with Crippen molar-refractivity contribution in [3.8, 4) is 0 Å². The average Bonchev–Trinajstić information content (AvgIpc) is 2.67. The van der Waals surface area contributed by atoms with Crippen molar-refractivity contribution in [2.45, 2.75) is 12.8 Å². The summed E-state index contributed by atoms with van der Waals surface area (Å²) in [4.78, 5) is 27.5. The molecule has 0 unspecified atom stereocenters. The van der Waals surface area contributed by atoms with E-state index in [4.69, 9.17) is 12.2 Å². The predicted molar refractivity (Wildman–Crippen MR) is 77.1 cm³/mol. The number of nitrogens with zero attached hydrogens (tertiary/aromatic N) is 1. The number of rotatable bonds is 5. The summed E-state index contributed by atoms with van der Waals surface area (Å²) in [5, 5.41) is 10.4. The van der Waals surface area contributed by atoms with Crippen LogP contribution in [0, 0.1) is 0 Å². The highest BCUT2D eigenvalue weighted by Gasteiger charge is 2.31. The summed E-state index contributed by atoms with van der Waals surface area (Å²) in [6, 6.07) is 3.71. The van der Waals surface area contributed by atoms with Gasteiger partial charge < -0.3 is 9.90 Å². The summed E-state index contributed by atoms with van der Waals surface area (Å²) in [7, 11) is 0. The van der Waals surface area contributed by atoms with Crippen LogP contribution in [0.3, 0.4) is 0 Å². The first kappa shape index (κ1) is 14.7. The lowest BCUT2D eigenvalue weighted by atomic mass is 10.2. The van der Waals surface area contributed by atoms with E-state index in [1.807, 2.05) is 12.1 Å². The Bertz CT molecular complexity index is 572. The molecule has 1 fully saturated rings. The summed E-state index contributed by atoms with van der Waals surface area (Å²) in [6.07, 6.45) is 5.57. The first-order valence-electron chi connectivity index (χ1n) is 5.99. The first-order chi connectivity index (χ1) is 9.58. The molecule has 2 rings (SSSR count). The van der Waals surface area contributed by atoms with E-state index in [-0.39, 0.29) is 12.3 Å². The molecule has 0 atom stereocenters. The number of thioether (sulfide) groups is 1. The molecule has 7 heteroatoms. The van der Waals surface area contributed by atoms with Crippen LogP contribution in [0.25, 0.3) is 6.08 Å². The fourth-order valence-corrected chi connectivity index (χ4v) is 3.03. The summed E-state index contributed by atoms with van der Waals surface area (Å²) in [5.74, 6) is -1.30. The second kappa shape index (κ2) is 6.62. The number of hydrogen-bond acceptors (Lipinski definition) is 5. The van der Waals surface area contributed by atoms with Crippen LogP contribution in [0.5, 0.6) is 0 Å². The number of aliphatic carboxylic acids is 1. The highest BCUT2D eigenvalue weighted by molar-refractivity contribution is 8.26. The number of amides is 1. The zero-order chi connectivity index (χ0) is 14.5. The summed E-state index contributed by atoms with van der Waals surface area (Å²) in [5.41, 5.74) is 0.878. The van der Waals surface area contributed by atoms with E-state index in [2.05, 4.69) is 4.98 Å². The number of carbonyl (C=O) groups excluding carboxylic acids is 2. The number of aromatic amines is 1. The van der Waals surface area contributed by atoms with E-state index in [1.165, 1.54) is 16.7 Å². The maximum atomic E-state index is 12.2. The Hall–Kier alpha value is -1.73. The molecule has 1 aromatic rings. The Morgan fingerprint density at radius 2 is 2.35 bits per heavy atom. The summed E-state index contributed by atoms with van der Waals surface area (Å²) < 4.78 is 0.458. The van der Waals surface area contributed by atoms with Crippen LogP contribution in [0.1, 0.15) is 18.4 Å². The summed E-state index contributed by atoms with van der Waals surface area (Å²) in [6.45, 7) is 0.302. The predicted octanol–water partition coefficient (Wildman–Crippen LogP) is 0.232. The van der Waals surface area contributed by atoms with E-state index >= 15 is 0 Å². The van der Waals surface area contributed by atoms with Crippen molar-refractivity contribution in [1.29, 1.82) is 0 Å². The van der Waals surface area contributed by atoms with Gasteiger partial charge in [0.05, 0.1) is 4.91 Å². The number of carbonyl (C=O) groups is 2. The quantitative estimate of drug-likeness (QED) is 0.575. The normalized spacial score (nSPS) is 17.0. The minimum absolute atomic E-state index is 0.0796. The Balaban J connectivity index is 2.05. The Kier molecular flexibility index (Phi) is 4.86. The lowest BCUT2D eigenvalue weighted by Crippen LogP contribution is -2.30. The van der Waals surface area contributed by atoms with Crippen LogP contribution in [0.15, 0.2) is 29.4 Å². The van der Waals surface area contributed by atoms with Crippen molar-refractivity contribution in [3.05, 3.63) is 35.0 Å². The van der Waals surface area contributed by atoms with Crippen molar-refractivity contribution in [3.63, 3.8) is 0 Å². The average molecular weight is 308 g/mol. The Morgan fingerprint density at radius 1 is 1.55 bits per heavy atom. The van der Waals surface area contributed by atoms with Gasteiger partial charge in [-0.1, -0.05) is 24.0 Å². The molecule has 1 aliphatic heterocycles. The molecule has 1 aliphatic rings. The van der Waals surface area contributed by atoms with E-state index in [0.717, 1.165) is 5.56 Å². The highest BCUT2D eigenvalue weighted by atomic mass is 32.2. The zero-order valence-electron chi connectivity index (χ0n) is 10.5. The van der Waals surface area contributed by atoms with Crippen molar-refractivity contribution in [2.75, 3.05) is 6.54 Å². The highest BCUT2D eigenvalue weighted by Crippen LogP contribution is 2.32. The van der Waals surface area contributed by atoms with Gasteiger partial charge in [0.15, 0.2) is 12.4 Å². The molecular formula is C13H12N2O3S2. The topological polar surface area (TPSA) is 74.6 Å².